The molecule has 0 N–H and O–H groups in total. The minimum absolute atomic E-state index is 0.0385. The predicted molar refractivity (Wildman–Crippen MR) is 94.4 cm³/mol. The predicted octanol–water partition coefficient (Wildman–Crippen LogP) is 2.43. The van der Waals surface area contributed by atoms with Gasteiger partial charge in [0.15, 0.2) is 6.61 Å². The Labute approximate surface area is 142 Å². The summed E-state index contributed by atoms with van der Waals surface area (Å²) in [5.74, 6) is 1.79. The Morgan fingerprint density at radius 3 is 2.62 bits per heavy atom. The highest BCUT2D eigenvalue weighted by Crippen LogP contribution is 2.19. The van der Waals surface area contributed by atoms with Gasteiger partial charge in [-0.3, -0.25) is 4.79 Å². The standard InChI is InChI=1S/C19H23N3O2/c1-15-6-7-16(2)17(13-15)24-14-19(23)22-11-9-21(10-12-22)18-5-3-4-8-20-18/h3-8,13H,9-12,14H2,1-2H3. The van der Waals surface area contributed by atoms with Crippen LogP contribution in [0.4, 0.5) is 5.82 Å². The number of anilines is 1. The third kappa shape index (κ3) is 3.85. The number of aryl methyl sites for hydroxylation is 2. The van der Waals surface area contributed by atoms with Crippen LogP contribution in [0, 0.1) is 13.8 Å². The smallest absolute Gasteiger partial charge is 0.260 e. The maximum Gasteiger partial charge on any atom is 0.260 e. The number of aromatic nitrogens is 1. The van der Waals surface area contributed by atoms with Gasteiger partial charge in [0, 0.05) is 32.4 Å². The van der Waals surface area contributed by atoms with E-state index in [4.69, 9.17) is 4.74 Å². The van der Waals surface area contributed by atoms with Crippen LogP contribution in [-0.2, 0) is 4.79 Å². The number of carbonyl (C=O) groups is 1. The van der Waals surface area contributed by atoms with Crippen molar-refractivity contribution in [1.29, 1.82) is 0 Å². The molecule has 1 aromatic heterocycles. The summed E-state index contributed by atoms with van der Waals surface area (Å²) in [4.78, 5) is 20.8. The van der Waals surface area contributed by atoms with E-state index in [2.05, 4.69) is 9.88 Å². The van der Waals surface area contributed by atoms with E-state index in [-0.39, 0.29) is 12.5 Å². The van der Waals surface area contributed by atoms with Crippen molar-refractivity contribution >= 4 is 11.7 Å². The van der Waals surface area contributed by atoms with E-state index in [1.807, 2.05) is 55.1 Å². The van der Waals surface area contributed by atoms with E-state index in [9.17, 15) is 4.79 Å². The van der Waals surface area contributed by atoms with Crippen LogP contribution in [0.3, 0.4) is 0 Å². The number of pyridine rings is 1. The number of hydrogen-bond acceptors (Lipinski definition) is 4. The average Bonchev–Trinajstić information content (AvgIpc) is 2.63. The lowest BCUT2D eigenvalue weighted by atomic mass is 10.1. The molecule has 2 aromatic rings. The fraction of sp³-hybridized carbons (Fsp3) is 0.368. The second kappa shape index (κ2) is 7.34. The topological polar surface area (TPSA) is 45.7 Å². The highest BCUT2D eigenvalue weighted by Gasteiger charge is 2.22. The Hall–Kier alpha value is -2.56. The summed E-state index contributed by atoms with van der Waals surface area (Å²) < 4.78 is 5.73. The number of hydrogen-bond donors (Lipinski definition) is 0. The van der Waals surface area contributed by atoms with Crippen LogP contribution in [0.25, 0.3) is 0 Å². The van der Waals surface area contributed by atoms with Gasteiger partial charge in [-0.15, -0.1) is 0 Å². The minimum Gasteiger partial charge on any atom is -0.483 e. The molecule has 0 spiro atoms. The molecule has 3 rings (SSSR count). The van der Waals surface area contributed by atoms with Crippen molar-refractivity contribution in [1.82, 2.24) is 9.88 Å². The number of carbonyl (C=O) groups excluding carboxylic acids is 1. The molecule has 0 radical (unpaired) electrons. The zero-order valence-corrected chi connectivity index (χ0v) is 14.2. The first-order valence-corrected chi connectivity index (χ1v) is 8.27. The lowest BCUT2D eigenvalue weighted by Crippen LogP contribution is -2.50. The summed E-state index contributed by atoms with van der Waals surface area (Å²) in [5.41, 5.74) is 2.18. The van der Waals surface area contributed by atoms with E-state index >= 15 is 0 Å². The van der Waals surface area contributed by atoms with Gasteiger partial charge in [0.2, 0.25) is 0 Å². The summed E-state index contributed by atoms with van der Waals surface area (Å²) in [7, 11) is 0. The van der Waals surface area contributed by atoms with Crippen LogP contribution in [0.1, 0.15) is 11.1 Å². The third-order valence-electron chi connectivity index (χ3n) is 4.30. The average molecular weight is 325 g/mol. The molecule has 0 saturated carbocycles. The molecule has 0 atom stereocenters. The van der Waals surface area contributed by atoms with Crippen LogP contribution < -0.4 is 9.64 Å². The van der Waals surface area contributed by atoms with Crippen molar-refractivity contribution in [3.63, 3.8) is 0 Å². The second-order valence-corrected chi connectivity index (χ2v) is 6.11. The molecular formula is C19H23N3O2. The van der Waals surface area contributed by atoms with Gasteiger partial charge >= 0.3 is 0 Å². The number of benzene rings is 1. The van der Waals surface area contributed by atoms with Crippen LogP contribution in [0.5, 0.6) is 5.75 Å². The molecule has 5 nitrogen and oxygen atoms in total. The number of piperazine rings is 1. The Kier molecular flexibility index (Phi) is 4.99. The number of nitrogens with zero attached hydrogens (tertiary/aromatic N) is 3. The Balaban J connectivity index is 1.51. The molecule has 1 fully saturated rings. The summed E-state index contributed by atoms with van der Waals surface area (Å²) in [6, 6.07) is 11.9. The van der Waals surface area contributed by atoms with Crippen molar-refractivity contribution in [2.75, 3.05) is 37.7 Å². The molecule has 1 saturated heterocycles. The van der Waals surface area contributed by atoms with Crippen molar-refractivity contribution in [3.8, 4) is 5.75 Å². The molecule has 5 heteroatoms. The number of amides is 1. The van der Waals surface area contributed by atoms with E-state index < -0.39 is 0 Å². The van der Waals surface area contributed by atoms with Gasteiger partial charge in [-0.2, -0.15) is 0 Å². The van der Waals surface area contributed by atoms with Crippen LogP contribution in [-0.4, -0.2) is 48.6 Å². The van der Waals surface area contributed by atoms with Gasteiger partial charge in [0.05, 0.1) is 0 Å². The summed E-state index contributed by atoms with van der Waals surface area (Å²) in [6.07, 6.45) is 1.80. The fourth-order valence-electron chi connectivity index (χ4n) is 2.82. The van der Waals surface area contributed by atoms with Crippen LogP contribution in [0.2, 0.25) is 0 Å². The van der Waals surface area contributed by atoms with Gasteiger partial charge in [-0.25, -0.2) is 4.98 Å². The minimum atomic E-state index is 0.0385. The van der Waals surface area contributed by atoms with Gasteiger partial charge < -0.3 is 14.5 Å². The molecule has 24 heavy (non-hydrogen) atoms. The van der Waals surface area contributed by atoms with Crippen LogP contribution in [0.15, 0.2) is 42.6 Å². The maximum atomic E-state index is 12.4. The molecule has 2 heterocycles. The summed E-state index contributed by atoms with van der Waals surface area (Å²) in [5, 5.41) is 0. The van der Waals surface area contributed by atoms with Gasteiger partial charge in [-0.05, 0) is 43.2 Å². The number of ether oxygens (including phenoxy) is 1. The number of rotatable bonds is 4. The highest BCUT2D eigenvalue weighted by atomic mass is 16.5. The molecule has 1 amide bonds. The van der Waals surface area contributed by atoms with E-state index in [0.29, 0.717) is 13.1 Å². The van der Waals surface area contributed by atoms with Crippen molar-refractivity contribution < 1.29 is 9.53 Å². The Morgan fingerprint density at radius 2 is 1.92 bits per heavy atom. The quantitative estimate of drug-likeness (QED) is 0.866. The van der Waals surface area contributed by atoms with E-state index in [0.717, 1.165) is 35.8 Å². The van der Waals surface area contributed by atoms with Crippen molar-refractivity contribution in [2.24, 2.45) is 0 Å². The van der Waals surface area contributed by atoms with Crippen molar-refractivity contribution in [3.05, 3.63) is 53.7 Å². The summed E-state index contributed by atoms with van der Waals surface area (Å²) >= 11 is 0. The van der Waals surface area contributed by atoms with E-state index in [1.54, 1.807) is 6.20 Å². The lowest BCUT2D eigenvalue weighted by molar-refractivity contribution is -0.133. The second-order valence-electron chi connectivity index (χ2n) is 6.11. The zero-order chi connectivity index (χ0) is 16.9. The molecule has 1 aliphatic rings. The van der Waals surface area contributed by atoms with Gasteiger partial charge in [0.1, 0.15) is 11.6 Å². The van der Waals surface area contributed by atoms with E-state index in [1.165, 1.54) is 0 Å². The first kappa shape index (κ1) is 16.3. The molecule has 126 valence electrons. The first-order valence-electron chi connectivity index (χ1n) is 8.27. The zero-order valence-electron chi connectivity index (χ0n) is 14.2. The Bertz CT molecular complexity index is 695. The molecule has 1 aliphatic heterocycles. The highest BCUT2D eigenvalue weighted by molar-refractivity contribution is 5.78. The SMILES string of the molecule is Cc1ccc(C)c(OCC(=O)N2CCN(c3ccccn3)CC2)c1. The monoisotopic (exact) mass is 325 g/mol. The maximum absolute atomic E-state index is 12.4. The fourth-order valence-corrected chi connectivity index (χ4v) is 2.82. The molecular weight excluding hydrogens is 302 g/mol. The van der Waals surface area contributed by atoms with Gasteiger partial charge in [-0.1, -0.05) is 18.2 Å². The lowest BCUT2D eigenvalue weighted by Gasteiger charge is -2.35. The Morgan fingerprint density at radius 1 is 1.12 bits per heavy atom. The van der Waals surface area contributed by atoms with Gasteiger partial charge in [0.25, 0.3) is 5.91 Å². The van der Waals surface area contributed by atoms with Crippen LogP contribution >= 0.6 is 0 Å². The molecule has 0 aliphatic carbocycles. The third-order valence-corrected chi connectivity index (χ3v) is 4.30. The summed E-state index contributed by atoms with van der Waals surface area (Å²) in [6.45, 7) is 7.10. The largest absolute Gasteiger partial charge is 0.483 e. The van der Waals surface area contributed by atoms with Crippen molar-refractivity contribution in [2.45, 2.75) is 13.8 Å². The normalized spacial score (nSPS) is 14.6. The molecule has 0 unspecified atom stereocenters. The molecule has 1 aromatic carbocycles. The molecule has 0 bridgehead atoms. The first-order chi connectivity index (χ1) is 11.6.